The van der Waals surface area contributed by atoms with Crippen molar-refractivity contribution in [2.75, 3.05) is 11.9 Å². The summed E-state index contributed by atoms with van der Waals surface area (Å²) >= 11 is 7.53. The number of thiophene rings is 1. The van der Waals surface area contributed by atoms with Crippen molar-refractivity contribution in [1.82, 2.24) is 5.32 Å². The zero-order chi connectivity index (χ0) is 14.8. The Morgan fingerprint density at radius 1 is 1.33 bits per heavy atom. The first-order chi connectivity index (χ1) is 10.1. The molecule has 1 aliphatic rings. The van der Waals surface area contributed by atoms with E-state index in [4.69, 9.17) is 11.6 Å². The fraction of sp³-hybridized carbons (Fsp3) is 0.375. The first-order valence-corrected chi connectivity index (χ1v) is 8.29. The van der Waals surface area contributed by atoms with Crippen molar-refractivity contribution >= 4 is 28.6 Å². The van der Waals surface area contributed by atoms with Gasteiger partial charge in [0, 0.05) is 35.8 Å². The zero-order valence-corrected chi connectivity index (χ0v) is 13.5. The molecule has 1 aliphatic carbocycles. The largest absolute Gasteiger partial charge is 0.369 e. The van der Waals surface area contributed by atoms with Crippen LogP contribution in [0, 0.1) is 5.82 Å². The molecular formula is C16H18ClFN2S. The van der Waals surface area contributed by atoms with Gasteiger partial charge in [-0.15, -0.1) is 11.3 Å². The third-order valence-corrected chi connectivity index (χ3v) is 4.89. The van der Waals surface area contributed by atoms with E-state index in [9.17, 15) is 4.39 Å². The second kappa shape index (κ2) is 6.34. The summed E-state index contributed by atoms with van der Waals surface area (Å²) in [7, 11) is 1.99. The van der Waals surface area contributed by atoms with Crippen molar-refractivity contribution in [3.05, 3.63) is 50.9 Å². The normalized spacial score (nSPS) is 14.4. The topological polar surface area (TPSA) is 15.3 Å². The SMILES string of the molecule is CN(Cc1ccc(Cl)s1)c1cccc(F)c1CNC1CC1. The quantitative estimate of drug-likeness (QED) is 0.845. The van der Waals surface area contributed by atoms with Gasteiger partial charge in [0.25, 0.3) is 0 Å². The van der Waals surface area contributed by atoms with Gasteiger partial charge in [-0.25, -0.2) is 4.39 Å². The second-order valence-electron chi connectivity index (χ2n) is 5.45. The molecule has 0 saturated heterocycles. The highest BCUT2D eigenvalue weighted by Crippen LogP contribution is 2.28. The molecular weight excluding hydrogens is 307 g/mol. The van der Waals surface area contributed by atoms with Gasteiger partial charge in [0.15, 0.2) is 0 Å². The Balaban J connectivity index is 1.77. The zero-order valence-electron chi connectivity index (χ0n) is 11.9. The van der Waals surface area contributed by atoms with Crippen LogP contribution >= 0.6 is 22.9 Å². The molecule has 1 saturated carbocycles. The first-order valence-electron chi connectivity index (χ1n) is 7.09. The summed E-state index contributed by atoms with van der Waals surface area (Å²) in [6.07, 6.45) is 2.40. The second-order valence-corrected chi connectivity index (χ2v) is 7.25. The number of nitrogens with one attached hydrogen (secondary N) is 1. The lowest BCUT2D eigenvalue weighted by atomic mass is 10.1. The number of hydrogen-bond acceptors (Lipinski definition) is 3. The van der Waals surface area contributed by atoms with Crippen LogP contribution in [0.5, 0.6) is 0 Å². The fourth-order valence-corrected chi connectivity index (χ4v) is 3.51. The Bertz CT molecular complexity index is 624. The smallest absolute Gasteiger partial charge is 0.129 e. The molecule has 0 bridgehead atoms. The monoisotopic (exact) mass is 324 g/mol. The van der Waals surface area contributed by atoms with Crippen molar-refractivity contribution in [1.29, 1.82) is 0 Å². The van der Waals surface area contributed by atoms with E-state index in [-0.39, 0.29) is 5.82 Å². The molecule has 0 spiro atoms. The minimum Gasteiger partial charge on any atom is -0.369 e. The lowest BCUT2D eigenvalue weighted by Crippen LogP contribution is -2.22. The van der Waals surface area contributed by atoms with Crippen LogP contribution in [0.15, 0.2) is 30.3 Å². The summed E-state index contributed by atoms with van der Waals surface area (Å²) in [5, 5.41) is 3.39. The van der Waals surface area contributed by atoms with Gasteiger partial charge in [0.1, 0.15) is 5.82 Å². The van der Waals surface area contributed by atoms with Gasteiger partial charge in [0.05, 0.1) is 10.9 Å². The highest BCUT2D eigenvalue weighted by molar-refractivity contribution is 7.16. The van der Waals surface area contributed by atoms with E-state index in [1.165, 1.54) is 23.8 Å². The summed E-state index contributed by atoms with van der Waals surface area (Å²) in [5.74, 6) is -0.142. The number of rotatable bonds is 6. The molecule has 0 amide bonds. The Labute approximate surface area is 133 Å². The van der Waals surface area contributed by atoms with Gasteiger partial charge in [0.2, 0.25) is 0 Å². The molecule has 0 aliphatic heterocycles. The molecule has 1 heterocycles. The van der Waals surface area contributed by atoms with Crippen LogP contribution in [-0.2, 0) is 13.1 Å². The predicted molar refractivity (Wildman–Crippen MR) is 87.7 cm³/mol. The fourth-order valence-electron chi connectivity index (χ4n) is 2.37. The van der Waals surface area contributed by atoms with Gasteiger partial charge < -0.3 is 10.2 Å². The van der Waals surface area contributed by atoms with E-state index < -0.39 is 0 Å². The summed E-state index contributed by atoms with van der Waals surface area (Å²) in [4.78, 5) is 3.25. The molecule has 1 aromatic carbocycles. The molecule has 2 aromatic rings. The maximum Gasteiger partial charge on any atom is 0.129 e. The summed E-state index contributed by atoms with van der Waals surface area (Å²) in [6.45, 7) is 1.32. The average molecular weight is 325 g/mol. The van der Waals surface area contributed by atoms with E-state index in [0.29, 0.717) is 12.6 Å². The molecule has 2 nitrogen and oxygen atoms in total. The van der Waals surface area contributed by atoms with Gasteiger partial charge in [-0.3, -0.25) is 0 Å². The molecule has 21 heavy (non-hydrogen) atoms. The molecule has 112 valence electrons. The van der Waals surface area contributed by atoms with Crippen LogP contribution in [0.1, 0.15) is 23.3 Å². The third-order valence-electron chi connectivity index (χ3n) is 3.67. The molecule has 1 aromatic heterocycles. The number of halogens is 2. The number of hydrogen-bond donors (Lipinski definition) is 1. The first kappa shape index (κ1) is 14.8. The summed E-state index contributed by atoms with van der Waals surface area (Å²) < 4.78 is 14.9. The number of nitrogens with zero attached hydrogens (tertiary/aromatic N) is 1. The Morgan fingerprint density at radius 2 is 2.14 bits per heavy atom. The predicted octanol–water partition coefficient (Wildman–Crippen LogP) is 4.43. The van der Waals surface area contributed by atoms with E-state index in [1.54, 1.807) is 17.4 Å². The minimum absolute atomic E-state index is 0.142. The van der Waals surface area contributed by atoms with Crippen LogP contribution in [0.3, 0.4) is 0 Å². The molecule has 3 rings (SSSR count). The highest BCUT2D eigenvalue weighted by atomic mass is 35.5. The van der Waals surface area contributed by atoms with Crippen molar-refractivity contribution in [2.24, 2.45) is 0 Å². The lowest BCUT2D eigenvalue weighted by molar-refractivity contribution is 0.586. The van der Waals surface area contributed by atoms with Crippen molar-refractivity contribution in [3.63, 3.8) is 0 Å². The van der Waals surface area contributed by atoms with E-state index in [2.05, 4.69) is 10.2 Å². The Kier molecular flexibility index (Phi) is 4.48. The molecule has 1 fully saturated rings. The van der Waals surface area contributed by atoms with Crippen LogP contribution in [-0.4, -0.2) is 13.1 Å². The standard InChI is InChI=1S/C16H18ClFN2S/c1-20(10-12-7-8-16(17)21-12)15-4-2-3-14(18)13(15)9-19-11-5-6-11/h2-4,7-8,11,19H,5-6,9-10H2,1H3. The Hall–Kier alpha value is -1.10. The van der Waals surface area contributed by atoms with Crippen molar-refractivity contribution < 1.29 is 4.39 Å². The lowest BCUT2D eigenvalue weighted by Gasteiger charge is -2.22. The van der Waals surface area contributed by atoms with Crippen LogP contribution < -0.4 is 10.2 Å². The maximum absolute atomic E-state index is 14.1. The number of anilines is 1. The highest BCUT2D eigenvalue weighted by Gasteiger charge is 2.22. The van der Waals surface area contributed by atoms with Crippen molar-refractivity contribution in [2.45, 2.75) is 32.0 Å². The van der Waals surface area contributed by atoms with Crippen LogP contribution in [0.4, 0.5) is 10.1 Å². The molecule has 0 unspecified atom stereocenters. The summed E-state index contributed by atoms with van der Waals surface area (Å²) in [5.41, 5.74) is 1.68. The van der Waals surface area contributed by atoms with E-state index in [0.717, 1.165) is 22.1 Å². The van der Waals surface area contributed by atoms with Gasteiger partial charge in [-0.2, -0.15) is 0 Å². The van der Waals surface area contributed by atoms with Gasteiger partial charge >= 0.3 is 0 Å². The van der Waals surface area contributed by atoms with E-state index >= 15 is 0 Å². The van der Waals surface area contributed by atoms with Crippen LogP contribution in [0.25, 0.3) is 0 Å². The molecule has 5 heteroatoms. The molecule has 0 radical (unpaired) electrons. The minimum atomic E-state index is -0.142. The number of benzene rings is 1. The Morgan fingerprint density at radius 3 is 2.81 bits per heavy atom. The summed E-state index contributed by atoms with van der Waals surface area (Å²) in [6, 6.07) is 9.76. The van der Waals surface area contributed by atoms with Gasteiger partial charge in [-0.1, -0.05) is 17.7 Å². The van der Waals surface area contributed by atoms with Gasteiger partial charge in [-0.05, 0) is 37.1 Å². The van der Waals surface area contributed by atoms with Crippen LogP contribution in [0.2, 0.25) is 4.34 Å². The molecule has 0 atom stereocenters. The molecule has 1 N–H and O–H groups in total. The van der Waals surface area contributed by atoms with Crippen molar-refractivity contribution in [3.8, 4) is 0 Å². The average Bonchev–Trinajstić information content (AvgIpc) is 3.19. The van der Waals surface area contributed by atoms with E-state index in [1.807, 2.05) is 25.2 Å². The maximum atomic E-state index is 14.1. The third kappa shape index (κ3) is 3.76.